The summed E-state index contributed by atoms with van der Waals surface area (Å²) in [5, 5.41) is -0.558. The van der Waals surface area contributed by atoms with Crippen molar-refractivity contribution in [2.45, 2.75) is 33.7 Å². The Kier molecular flexibility index (Phi) is 9.58. The third-order valence-electron chi connectivity index (χ3n) is 4.14. The molecule has 1 aromatic rings. The molecular weight excluding hydrogens is 506 g/mol. The minimum absolute atomic E-state index is 0.146. The predicted molar refractivity (Wildman–Crippen MR) is 121 cm³/mol. The minimum Gasteiger partial charge on any atom is -0.490 e. The number of amides is 2. The lowest BCUT2D eigenvalue weighted by atomic mass is 10.1. The number of carbonyl (C=O) groups is 4. The molecule has 1 aliphatic rings. The van der Waals surface area contributed by atoms with Gasteiger partial charge in [-0.25, -0.2) is 9.59 Å². The number of hydrogen-bond donors (Lipinski definition) is 0. The topological polar surface area (TPSA) is 108 Å². The van der Waals surface area contributed by atoms with Gasteiger partial charge in [0.25, 0.3) is 11.1 Å². The lowest BCUT2D eigenvalue weighted by Crippen LogP contribution is -2.42. The fourth-order valence-corrected chi connectivity index (χ4v) is 4.04. The van der Waals surface area contributed by atoms with Crippen molar-refractivity contribution < 1.29 is 38.1 Å². The Hall–Kier alpha value is -2.53. The molecule has 2 rings (SSSR count). The maximum atomic E-state index is 12.8. The highest BCUT2D eigenvalue weighted by Crippen LogP contribution is 2.38. The largest absolute Gasteiger partial charge is 0.490 e. The maximum Gasteiger partial charge on any atom is 0.344 e. The fraction of sp³-hybridized carbons (Fsp3) is 0.429. The van der Waals surface area contributed by atoms with Gasteiger partial charge in [-0.3, -0.25) is 14.5 Å². The highest BCUT2D eigenvalue weighted by Gasteiger charge is 2.41. The van der Waals surface area contributed by atoms with E-state index in [9.17, 15) is 19.2 Å². The van der Waals surface area contributed by atoms with Crippen LogP contribution in [-0.2, 0) is 23.9 Å². The van der Waals surface area contributed by atoms with Gasteiger partial charge < -0.3 is 18.9 Å². The van der Waals surface area contributed by atoms with Crippen LogP contribution in [0.4, 0.5) is 4.79 Å². The number of rotatable bonds is 10. The summed E-state index contributed by atoms with van der Waals surface area (Å²) in [6.45, 7) is 7.01. The van der Waals surface area contributed by atoms with Crippen molar-refractivity contribution >= 4 is 56.9 Å². The normalized spacial score (nSPS) is 15.7. The zero-order chi connectivity index (χ0) is 23.8. The number of imide groups is 1. The molecule has 0 bridgehead atoms. The molecule has 1 aromatic carbocycles. The van der Waals surface area contributed by atoms with Gasteiger partial charge in [0, 0.05) is 4.47 Å². The van der Waals surface area contributed by atoms with E-state index >= 15 is 0 Å². The Labute approximate surface area is 198 Å². The Morgan fingerprint density at radius 1 is 1.06 bits per heavy atom. The molecule has 1 saturated heterocycles. The molecule has 0 N–H and O–H groups in total. The third-order valence-corrected chi connectivity index (χ3v) is 5.71. The standard InChI is InChI=1S/C21H24BrNO8S/c1-5-28-15-8-13(14(22)10-16(15)31-11-18(24)29-6-2)9-17-19(25)23(21(27)32-17)12(4)20(26)30-7-3/h8-10,12H,5-7,11H2,1-4H3/b17-9+/t12-/m0/s1. The SMILES string of the molecule is CCOC(=O)COc1cc(Br)c(/C=C2/SC(=O)N([C@@H](C)C(=O)OCC)C2=O)cc1OCC. The monoisotopic (exact) mass is 529 g/mol. The van der Waals surface area contributed by atoms with Gasteiger partial charge in [-0.05, 0) is 63.2 Å². The summed E-state index contributed by atoms with van der Waals surface area (Å²) in [6.07, 6.45) is 1.52. The molecule has 11 heteroatoms. The predicted octanol–water partition coefficient (Wildman–Crippen LogP) is 3.78. The molecule has 1 atom stereocenters. The molecule has 1 heterocycles. The van der Waals surface area contributed by atoms with Gasteiger partial charge >= 0.3 is 11.9 Å². The lowest BCUT2D eigenvalue weighted by molar-refractivity contribution is -0.150. The lowest BCUT2D eigenvalue weighted by Gasteiger charge is -2.19. The van der Waals surface area contributed by atoms with Crippen molar-refractivity contribution in [3.8, 4) is 11.5 Å². The van der Waals surface area contributed by atoms with E-state index in [1.807, 2.05) is 0 Å². The van der Waals surface area contributed by atoms with Crippen LogP contribution in [0.2, 0.25) is 0 Å². The zero-order valence-corrected chi connectivity index (χ0v) is 20.5. The van der Waals surface area contributed by atoms with Crippen LogP contribution in [0, 0.1) is 0 Å². The van der Waals surface area contributed by atoms with Crippen LogP contribution in [0.3, 0.4) is 0 Å². The van der Waals surface area contributed by atoms with Crippen molar-refractivity contribution in [3.63, 3.8) is 0 Å². The molecule has 174 valence electrons. The van der Waals surface area contributed by atoms with E-state index in [2.05, 4.69) is 15.9 Å². The van der Waals surface area contributed by atoms with Crippen LogP contribution in [0.15, 0.2) is 21.5 Å². The van der Waals surface area contributed by atoms with E-state index in [0.717, 1.165) is 16.7 Å². The van der Waals surface area contributed by atoms with Crippen LogP contribution in [0.5, 0.6) is 11.5 Å². The van der Waals surface area contributed by atoms with Crippen molar-refractivity contribution in [1.29, 1.82) is 0 Å². The van der Waals surface area contributed by atoms with Gasteiger partial charge in [-0.15, -0.1) is 0 Å². The molecule has 0 aliphatic carbocycles. The van der Waals surface area contributed by atoms with Crippen LogP contribution in [0.1, 0.15) is 33.3 Å². The molecule has 1 aliphatic heterocycles. The summed E-state index contributed by atoms with van der Waals surface area (Å²) in [6, 6.07) is 2.19. The van der Waals surface area contributed by atoms with Gasteiger partial charge in [0.1, 0.15) is 6.04 Å². The van der Waals surface area contributed by atoms with Gasteiger partial charge in [0.15, 0.2) is 18.1 Å². The highest BCUT2D eigenvalue weighted by molar-refractivity contribution is 9.10. The van der Waals surface area contributed by atoms with E-state index in [-0.39, 0.29) is 24.7 Å². The van der Waals surface area contributed by atoms with Crippen molar-refractivity contribution in [2.24, 2.45) is 0 Å². The van der Waals surface area contributed by atoms with Gasteiger partial charge in [-0.2, -0.15) is 0 Å². The average Bonchev–Trinajstić information content (AvgIpc) is 3.02. The van der Waals surface area contributed by atoms with Crippen molar-refractivity contribution in [2.75, 3.05) is 26.4 Å². The van der Waals surface area contributed by atoms with E-state index in [1.54, 1.807) is 32.9 Å². The maximum absolute atomic E-state index is 12.8. The molecular formula is C21H24BrNO8S. The molecule has 32 heavy (non-hydrogen) atoms. The zero-order valence-electron chi connectivity index (χ0n) is 18.1. The van der Waals surface area contributed by atoms with Crippen LogP contribution < -0.4 is 9.47 Å². The first-order valence-electron chi connectivity index (χ1n) is 9.91. The molecule has 2 amide bonds. The smallest absolute Gasteiger partial charge is 0.344 e. The number of thioether (sulfide) groups is 1. The van der Waals surface area contributed by atoms with Crippen LogP contribution in [0.25, 0.3) is 6.08 Å². The van der Waals surface area contributed by atoms with E-state index in [4.69, 9.17) is 18.9 Å². The third kappa shape index (κ3) is 6.26. The first-order chi connectivity index (χ1) is 15.2. The fourth-order valence-electron chi connectivity index (χ4n) is 2.71. The number of nitrogens with zero attached hydrogens (tertiary/aromatic N) is 1. The number of benzene rings is 1. The quantitative estimate of drug-likeness (QED) is 0.330. The molecule has 0 saturated carbocycles. The molecule has 1 fully saturated rings. The number of esters is 2. The minimum atomic E-state index is -1.03. The molecule has 9 nitrogen and oxygen atoms in total. The van der Waals surface area contributed by atoms with Crippen LogP contribution >= 0.6 is 27.7 Å². The Morgan fingerprint density at radius 2 is 1.72 bits per heavy atom. The first kappa shape index (κ1) is 25.7. The summed E-state index contributed by atoms with van der Waals surface area (Å²) in [5.74, 6) is -1.09. The highest BCUT2D eigenvalue weighted by atomic mass is 79.9. The second kappa shape index (κ2) is 11.9. The van der Waals surface area contributed by atoms with Gasteiger partial charge in [-0.1, -0.05) is 15.9 Å². The molecule has 0 spiro atoms. The first-order valence-corrected chi connectivity index (χ1v) is 11.5. The molecule has 0 aromatic heterocycles. The molecule has 0 unspecified atom stereocenters. The van der Waals surface area contributed by atoms with Crippen molar-refractivity contribution in [3.05, 3.63) is 27.1 Å². The summed E-state index contributed by atoms with van der Waals surface area (Å²) in [7, 11) is 0. The molecule has 0 radical (unpaired) electrons. The van der Waals surface area contributed by atoms with E-state index in [0.29, 0.717) is 28.1 Å². The van der Waals surface area contributed by atoms with Gasteiger partial charge in [0.2, 0.25) is 0 Å². The Balaban J connectivity index is 2.30. The number of halogens is 1. The second-order valence-electron chi connectivity index (χ2n) is 6.33. The summed E-state index contributed by atoms with van der Waals surface area (Å²) < 4.78 is 21.4. The number of hydrogen-bond acceptors (Lipinski definition) is 9. The Morgan fingerprint density at radius 3 is 2.34 bits per heavy atom. The van der Waals surface area contributed by atoms with E-state index in [1.165, 1.54) is 13.0 Å². The van der Waals surface area contributed by atoms with Crippen LogP contribution in [-0.4, -0.2) is 60.5 Å². The summed E-state index contributed by atoms with van der Waals surface area (Å²) >= 11 is 4.14. The second-order valence-corrected chi connectivity index (χ2v) is 8.17. The summed E-state index contributed by atoms with van der Waals surface area (Å²) in [4.78, 5) is 49.7. The Bertz CT molecular complexity index is 933. The van der Waals surface area contributed by atoms with Crippen molar-refractivity contribution in [1.82, 2.24) is 4.90 Å². The number of ether oxygens (including phenoxy) is 4. The van der Waals surface area contributed by atoms with Gasteiger partial charge in [0.05, 0.1) is 24.7 Å². The average molecular weight is 530 g/mol. The number of carbonyl (C=O) groups excluding carboxylic acids is 4. The van der Waals surface area contributed by atoms with E-state index < -0.39 is 29.1 Å². The summed E-state index contributed by atoms with van der Waals surface area (Å²) in [5.41, 5.74) is 0.547.